The minimum atomic E-state index is -4.31. The molecule has 0 saturated heterocycles. The van der Waals surface area contributed by atoms with Crippen molar-refractivity contribution in [2.75, 3.05) is 24.0 Å². The Labute approximate surface area is 256 Å². The molecule has 0 aliphatic rings. The summed E-state index contributed by atoms with van der Waals surface area (Å²) in [4.78, 5) is 28.4. The minimum Gasteiger partial charge on any atom is -0.494 e. The van der Waals surface area contributed by atoms with E-state index in [-0.39, 0.29) is 34.5 Å². The molecule has 0 bridgehead atoms. The number of ether oxygens (including phenoxy) is 1. The van der Waals surface area contributed by atoms with Crippen molar-refractivity contribution in [1.82, 2.24) is 10.2 Å². The van der Waals surface area contributed by atoms with Crippen LogP contribution in [-0.4, -0.2) is 50.9 Å². The van der Waals surface area contributed by atoms with Gasteiger partial charge in [0, 0.05) is 13.1 Å². The zero-order valence-corrected chi connectivity index (χ0v) is 26.0. The molecule has 12 heteroatoms. The summed E-state index contributed by atoms with van der Waals surface area (Å²) in [6.07, 6.45) is 0.965. The van der Waals surface area contributed by atoms with Crippen LogP contribution in [0, 0.1) is 5.82 Å². The number of amides is 2. The second-order valence-corrected chi connectivity index (χ2v) is 12.1. The molecule has 0 radical (unpaired) electrons. The molecule has 3 aromatic rings. The first kappa shape index (κ1) is 33.2. The molecule has 0 aromatic heterocycles. The Morgan fingerprint density at radius 2 is 1.62 bits per heavy atom. The number of carbonyl (C=O) groups excluding carboxylic acids is 2. The quantitative estimate of drug-likeness (QED) is 0.232. The Morgan fingerprint density at radius 1 is 0.952 bits per heavy atom. The van der Waals surface area contributed by atoms with Crippen molar-refractivity contribution < 1.29 is 27.1 Å². The molecule has 1 N–H and O–H groups in total. The first-order valence-electron chi connectivity index (χ1n) is 13.5. The number of benzene rings is 3. The highest BCUT2D eigenvalue weighted by Gasteiger charge is 2.33. The first-order valence-corrected chi connectivity index (χ1v) is 15.7. The van der Waals surface area contributed by atoms with Gasteiger partial charge < -0.3 is 15.0 Å². The van der Waals surface area contributed by atoms with E-state index in [1.54, 1.807) is 25.1 Å². The van der Waals surface area contributed by atoms with Gasteiger partial charge in [0.15, 0.2) is 0 Å². The fourth-order valence-electron chi connectivity index (χ4n) is 4.26. The second kappa shape index (κ2) is 15.2. The van der Waals surface area contributed by atoms with Crippen molar-refractivity contribution in [2.24, 2.45) is 0 Å². The molecule has 0 fully saturated rings. The standard InChI is InChI=1S/C30H34Cl2FN3O5S/c1-4-17-34-30(38)28(5-2)35(19-21-7-16-26(31)27(32)18-21)29(37)20-36(23-10-8-22(33)9-11-23)42(39,40)25-14-12-24(13-15-25)41-6-3/h7-16,18,28H,4-6,17,19-20H2,1-3H3,(H,34,38). The van der Waals surface area contributed by atoms with Gasteiger partial charge in [-0.2, -0.15) is 0 Å². The average Bonchev–Trinajstić information content (AvgIpc) is 2.97. The number of carbonyl (C=O) groups is 2. The van der Waals surface area contributed by atoms with Gasteiger partial charge in [-0.1, -0.05) is 43.1 Å². The Bertz CT molecular complexity index is 1470. The maximum atomic E-state index is 14.0. The van der Waals surface area contributed by atoms with E-state index in [4.69, 9.17) is 27.9 Å². The lowest BCUT2D eigenvalue weighted by molar-refractivity contribution is -0.140. The third kappa shape index (κ3) is 8.36. The number of hydrogen-bond acceptors (Lipinski definition) is 5. The molecule has 0 aliphatic heterocycles. The lowest BCUT2D eigenvalue weighted by Gasteiger charge is -2.33. The molecule has 226 valence electrons. The number of anilines is 1. The van der Waals surface area contributed by atoms with Gasteiger partial charge in [-0.25, -0.2) is 12.8 Å². The van der Waals surface area contributed by atoms with Crippen molar-refractivity contribution in [2.45, 2.75) is 51.1 Å². The van der Waals surface area contributed by atoms with E-state index in [1.807, 2.05) is 13.8 Å². The van der Waals surface area contributed by atoms with Gasteiger partial charge in [0.2, 0.25) is 11.8 Å². The molecule has 0 heterocycles. The van der Waals surface area contributed by atoms with E-state index in [0.29, 0.717) is 35.9 Å². The molecule has 0 spiro atoms. The Balaban J connectivity index is 2.05. The van der Waals surface area contributed by atoms with Gasteiger partial charge in [-0.3, -0.25) is 13.9 Å². The van der Waals surface area contributed by atoms with Crippen LogP contribution >= 0.6 is 23.2 Å². The molecule has 0 aliphatic carbocycles. The Hall–Kier alpha value is -3.34. The highest BCUT2D eigenvalue weighted by molar-refractivity contribution is 7.92. The van der Waals surface area contributed by atoms with E-state index in [0.717, 1.165) is 16.4 Å². The summed E-state index contributed by atoms with van der Waals surface area (Å²) in [5.74, 6) is -1.09. The molecule has 42 heavy (non-hydrogen) atoms. The summed E-state index contributed by atoms with van der Waals surface area (Å²) < 4.78 is 47.9. The van der Waals surface area contributed by atoms with Crippen molar-refractivity contribution in [3.63, 3.8) is 0 Å². The van der Waals surface area contributed by atoms with Crippen LogP contribution < -0.4 is 14.4 Å². The first-order chi connectivity index (χ1) is 20.0. The largest absolute Gasteiger partial charge is 0.494 e. The van der Waals surface area contributed by atoms with Crippen LogP contribution in [0.2, 0.25) is 10.0 Å². The number of sulfonamides is 1. The predicted molar refractivity (Wildman–Crippen MR) is 163 cm³/mol. The van der Waals surface area contributed by atoms with E-state index < -0.39 is 34.3 Å². The summed E-state index contributed by atoms with van der Waals surface area (Å²) in [6, 6.07) is 14.5. The van der Waals surface area contributed by atoms with Gasteiger partial charge in [0.05, 0.1) is 27.2 Å². The summed E-state index contributed by atoms with van der Waals surface area (Å²) >= 11 is 12.3. The van der Waals surface area contributed by atoms with Crippen LogP contribution in [0.4, 0.5) is 10.1 Å². The van der Waals surface area contributed by atoms with Gasteiger partial charge >= 0.3 is 0 Å². The Kier molecular flexibility index (Phi) is 12.0. The second-order valence-electron chi connectivity index (χ2n) is 9.38. The maximum absolute atomic E-state index is 14.0. The molecule has 3 rings (SSSR count). The van der Waals surface area contributed by atoms with Crippen molar-refractivity contribution in [1.29, 1.82) is 0 Å². The molecule has 1 atom stereocenters. The monoisotopic (exact) mass is 637 g/mol. The van der Waals surface area contributed by atoms with Gasteiger partial charge in [0.1, 0.15) is 24.2 Å². The fourth-order valence-corrected chi connectivity index (χ4v) is 5.99. The molecule has 1 unspecified atom stereocenters. The molecular weight excluding hydrogens is 604 g/mol. The molecule has 3 aromatic carbocycles. The number of halogens is 3. The normalized spacial score (nSPS) is 12.0. The van der Waals surface area contributed by atoms with Crippen molar-refractivity contribution >= 4 is 50.7 Å². The van der Waals surface area contributed by atoms with Crippen LogP contribution in [0.3, 0.4) is 0 Å². The number of nitrogens with one attached hydrogen (secondary N) is 1. The highest BCUT2D eigenvalue weighted by Crippen LogP contribution is 2.27. The zero-order chi connectivity index (χ0) is 30.9. The third-order valence-electron chi connectivity index (χ3n) is 6.39. The third-order valence-corrected chi connectivity index (χ3v) is 8.92. The number of hydrogen-bond donors (Lipinski definition) is 1. The summed E-state index contributed by atoms with van der Waals surface area (Å²) in [5, 5.41) is 3.43. The minimum absolute atomic E-state index is 0.0336. The molecular formula is C30H34Cl2FN3O5S. The SMILES string of the molecule is CCCNC(=O)C(CC)N(Cc1ccc(Cl)c(Cl)c1)C(=O)CN(c1ccc(F)cc1)S(=O)(=O)c1ccc(OCC)cc1. The van der Waals surface area contributed by atoms with E-state index in [1.165, 1.54) is 41.3 Å². The summed E-state index contributed by atoms with van der Waals surface area (Å²) in [6.45, 7) is 5.61. The van der Waals surface area contributed by atoms with Gasteiger partial charge in [-0.15, -0.1) is 0 Å². The Morgan fingerprint density at radius 3 is 2.19 bits per heavy atom. The van der Waals surface area contributed by atoms with E-state index >= 15 is 0 Å². The van der Waals surface area contributed by atoms with Crippen LogP contribution in [0.1, 0.15) is 39.2 Å². The molecule has 8 nitrogen and oxygen atoms in total. The topological polar surface area (TPSA) is 96.0 Å². The zero-order valence-electron chi connectivity index (χ0n) is 23.6. The highest BCUT2D eigenvalue weighted by atomic mass is 35.5. The van der Waals surface area contributed by atoms with Crippen LogP contribution in [0.15, 0.2) is 71.6 Å². The van der Waals surface area contributed by atoms with Crippen LogP contribution in [-0.2, 0) is 26.2 Å². The van der Waals surface area contributed by atoms with Gasteiger partial charge in [-0.05, 0) is 86.0 Å². The average molecular weight is 639 g/mol. The lowest BCUT2D eigenvalue weighted by atomic mass is 10.1. The molecule has 0 saturated carbocycles. The number of nitrogens with zero attached hydrogens (tertiary/aromatic N) is 2. The predicted octanol–water partition coefficient (Wildman–Crippen LogP) is 6.06. The fraction of sp³-hybridized carbons (Fsp3) is 0.333. The van der Waals surface area contributed by atoms with E-state index in [9.17, 15) is 22.4 Å². The van der Waals surface area contributed by atoms with Gasteiger partial charge in [0.25, 0.3) is 10.0 Å². The smallest absolute Gasteiger partial charge is 0.264 e. The summed E-state index contributed by atoms with van der Waals surface area (Å²) in [5.41, 5.74) is 0.679. The maximum Gasteiger partial charge on any atom is 0.264 e. The van der Waals surface area contributed by atoms with Crippen LogP contribution in [0.25, 0.3) is 0 Å². The van der Waals surface area contributed by atoms with Crippen molar-refractivity contribution in [3.8, 4) is 5.75 Å². The number of rotatable bonds is 14. The molecule has 2 amide bonds. The van der Waals surface area contributed by atoms with E-state index in [2.05, 4.69) is 5.32 Å². The summed E-state index contributed by atoms with van der Waals surface area (Å²) in [7, 11) is -4.31. The lowest BCUT2D eigenvalue weighted by Crippen LogP contribution is -2.52. The van der Waals surface area contributed by atoms with Crippen LogP contribution in [0.5, 0.6) is 5.75 Å². The van der Waals surface area contributed by atoms with Crippen molar-refractivity contribution in [3.05, 3.63) is 88.2 Å².